The number of sulfonamides is 1. The molecule has 1 atom stereocenters. The van der Waals surface area contributed by atoms with E-state index in [4.69, 9.17) is 16.7 Å². The predicted molar refractivity (Wildman–Crippen MR) is 68.2 cm³/mol. The first-order valence-corrected chi connectivity index (χ1v) is 7.16. The molecule has 0 saturated heterocycles. The third kappa shape index (κ3) is 3.10. The first-order valence-electron chi connectivity index (χ1n) is 4.45. The van der Waals surface area contributed by atoms with E-state index in [9.17, 15) is 8.42 Å². The number of hydrogen-bond acceptors (Lipinski definition) is 3. The molecule has 0 fully saturated rings. The van der Waals surface area contributed by atoms with E-state index in [-0.39, 0.29) is 0 Å². The maximum Gasteiger partial charge on any atom is 0.237 e. The minimum absolute atomic E-state index is 0.354. The second-order valence-electron chi connectivity index (χ2n) is 3.24. The number of nitrogens with one attached hydrogen (secondary N) is 1. The maximum absolute atomic E-state index is 11.7. The normalized spacial score (nSPS) is 13.5. The molecule has 0 aliphatic rings. The van der Waals surface area contributed by atoms with E-state index in [2.05, 4.69) is 20.7 Å². The zero-order valence-corrected chi connectivity index (χ0v) is 11.6. The SMILES string of the molecule is CC(CO)S(=O)(=O)Nc1cccc(Cl)c1Br. The fourth-order valence-electron chi connectivity index (χ4n) is 0.935. The first kappa shape index (κ1) is 13.8. The van der Waals surface area contributed by atoms with Crippen molar-refractivity contribution in [3.8, 4) is 0 Å². The van der Waals surface area contributed by atoms with Gasteiger partial charge in [-0.15, -0.1) is 0 Å². The zero-order chi connectivity index (χ0) is 12.3. The lowest BCUT2D eigenvalue weighted by molar-refractivity contribution is 0.296. The van der Waals surface area contributed by atoms with Gasteiger partial charge in [0.25, 0.3) is 0 Å². The number of halogens is 2. The average Bonchev–Trinajstić information content (AvgIpc) is 2.23. The molecule has 0 radical (unpaired) electrons. The molecule has 0 spiro atoms. The highest BCUT2D eigenvalue weighted by Gasteiger charge is 2.20. The molecule has 1 aromatic rings. The molecule has 7 heteroatoms. The molecule has 0 aromatic heterocycles. The summed E-state index contributed by atoms with van der Waals surface area (Å²) in [5.74, 6) is 0. The number of hydrogen-bond donors (Lipinski definition) is 2. The topological polar surface area (TPSA) is 66.4 Å². The van der Waals surface area contributed by atoms with Gasteiger partial charge in [0, 0.05) is 0 Å². The number of rotatable bonds is 4. The summed E-state index contributed by atoms with van der Waals surface area (Å²) in [6.45, 7) is 0.980. The lowest BCUT2D eigenvalue weighted by Gasteiger charge is -2.13. The largest absolute Gasteiger partial charge is 0.395 e. The van der Waals surface area contributed by atoms with Crippen molar-refractivity contribution in [1.29, 1.82) is 0 Å². The summed E-state index contributed by atoms with van der Waals surface area (Å²) in [5.41, 5.74) is 0.354. The van der Waals surface area contributed by atoms with Crippen LogP contribution in [-0.4, -0.2) is 25.4 Å². The van der Waals surface area contributed by atoms with Gasteiger partial charge in [-0.2, -0.15) is 0 Å². The summed E-state index contributed by atoms with van der Waals surface area (Å²) in [6, 6.07) is 4.85. The summed E-state index contributed by atoms with van der Waals surface area (Å²) in [7, 11) is -3.59. The van der Waals surface area contributed by atoms with Crippen LogP contribution in [0.1, 0.15) is 6.92 Å². The van der Waals surface area contributed by atoms with Crippen molar-refractivity contribution in [2.75, 3.05) is 11.3 Å². The van der Waals surface area contributed by atoms with Gasteiger partial charge in [-0.05, 0) is 35.0 Å². The number of benzene rings is 1. The molecule has 1 aromatic carbocycles. The van der Waals surface area contributed by atoms with Crippen molar-refractivity contribution in [3.63, 3.8) is 0 Å². The number of aliphatic hydroxyl groups excluding tert-OH is 1. The Morgan fingerprint density at radius 3 is 2.75 bits per heavy atom. The molecule has 0 amide bonds. The van der Waals surface area contributed by atoms with Crippen LogP contribution >= 0.6 is 27.5 Å². The van der Waals surface area contributed by atoms with Crippen LogP contribution in [0.4, 0.5) is 5.69 Å². The summed E-state index contributed by atoms with van der Waals surface area (Å²) in [4.78, 5) is 0. The summed E-state index contributed by atoms with van der Waals surface area (Å²) in [6.07, 6.45) is 0. The molecule has 4 nitrogen and oxygen atoms in total. The molecule has 90 valence electrons. The minimum atomic E-state index is -3.59. The Morgan fingerprint density at radius 2 is 2.19 bits per heavy atom. The van der Waals surface area contributed by atoms with Crippen LogP contribution in [0.25, 0.3) is 0 Å². The van der Waals surface area contributed by atoms with Crippen molar-refractivity contribution < 1.29 is 13.5 Å². The van der Waals surface area contributed by atoms with Gasteiger partial charge < -0.3 is 5.11 Å². The molecule has 16 heavy (non-hydrogen) atoms. The Morgan fingerprint density at radius 1 is 1.56 bits per heavy atom. The Balaban J connectivity index is 3.02. The van der Waals surface area contributed by atoms with E-state index in [1.807, 2.05) is 0 Å². The van der Waals surface area contributed by atoms with E-state index < -0.39 is 21.9 Å². The van der Waals surface area contributed by atoms with Crippen molar-refractivity contribution in [2.24, 2.45) is 0 Å². The van der Waals surface area contributed by atoms with Crippen molar-refractivity contribution >= 4 is 43.2 Å². The Kier molecular flexibility index (Phi) is 4.61. The lowest BCUT2D eigenvalue weighted by atomic mass is 10.3. The molecule has 0 aliphatic heterocycles. The van der Waals surface area contributed by atoms with E-state index in [0.717, 1.165) is 0 Å². The second-order valence-corrected chi connectivity index (χ2v) is 6.54. The van der Waals surface area contributed by atoms with Gasteiger partial charge in [0.05, 0.1) is 21.8 Å². The maximum atomic E-state index is 11.7. The highest BCUT2D eigenvalue weighted by atomic mass is 79.9. The fourth-order valence-corrected chi connectivity index (χ4v) is 2.48. The smallest absolute Gasteiger partial charge is 0.237 e. The van der Waals surface area contributed by atoms with Gasteiger partial charge in [0.2, 0.25) is 10.0 Å². The first-order chi connectivity index (χ1) is 7.38. The van der Waals surface area contributed by atoms with Gasteiger partial charge in [-0.25, -0.2) is 8.42 Å². The van der Waals surface area contributed by atoms with Crippen LogP contribution in [-0.2, 0) is 10.0 Å². The average molecular weight is 329 g/mol. The number of anilines is 1. The molecular weight excluding hydrogens is 318 g/mol. The van der Waals surface area contributed by atoms with Crippen molar-refractivity contribution in [1.82, 2.24) is 0 Å². The van der Waals surface area contributed by atoms with Crippen LogP contribution in [0.3, 0.4) is 0 Å². The van der Waals surface area contributed by atoms with E-state index >= 15 is 0 Å². The van der Waals surface area contributed by atoms with Gasteiger partial charge in [0.1, 0.15) is 5.25 Å². The fraction of sp³-hybridized carbons (Fsp3) is 0.333. The van der Waals surface area contributed by atoms with Gasteiger partial charge in [-0.3, -0.25) is 4.72 Å². The van der Waals surface area contributed by atoms with Crippen LogP contribution < -0.4 is 4.72 Å². The summed E-state index contributed by atoms with van der Waals surface area (Å²) < 4.78 is 26.2. The van der Waals surface area contributed by atoms with E-state index in [1.165, 1.54) is 6.92 Å². The summed E-state index contributed by atoms with van der Waals surface area (Å²) >= 11 is 9.01. The molecular formula is C9H11BrClNO3S. The van der Waals surface area contributed by atoms with E-state index in [0.29, 0.717) is 15.2 Å². The third-order valence-electron chi connectivity index (χ3n) is 1.99. The Labute approximate surface area is 108 Å². The molecule has 0 saturated carbocycles. The molecule has 2 N–H and O–H groups in total. The quantitative estimate of drug-likeness (QED) is 0.890. The minimum Gasteiger partial charge on any atom is -0.395 e. The van der Waals surface area contributed by atoms with Crippen LogP contribution in [0, 0.1) is 0 Å². The Hall–Kier alpha value is -0.300. The van der Waals surface area contributed by atoms with E-state index in [1.54, 1.807) is 18.2 Å². The third-order valence-corrected chi connectivity index (χ3v) is 5.10. The van der Waals surface area contributed by atoms with Gasteiger partial charge >= 0.3 is 0 Å². The highest BCUT2D eigenvalue weighted by molar-refractivity contribution is 9.10. The Bertz CT molecular complexity index is 478. The van der Waals surface area contributed by atoms with Gasteiger partial charge in [-0.1, -0.05) is 17.7 Å². The lowest BCUT2D eigenvalue weighted by Crippen LogP contribution is -2.28. The molecule has 0 bridgehead atoms. The highest BCUT2D eigenvalue weighted by Crippen LogP contribution is 2.30. The standard InChI is InChI=1S/C9H11BrClNO3S/c1-6(5-13)16(14,15)12-8-4-2-3-7(11)9(8)10/h2-4,6,12-13H,5H2,1H3. The van der Waals surface area contributed by atoms with Crippen molar-refractivity contribution in [3.05, 3.63) is 27.7 Å². The molecule has 0 heterocycles. The molecule has 1 rings (SSSR count). The van der Waals surface area contributed by atoms with Crippen LogP contribution in [0.5, 0.6) is 0 Å². The second kappa shape index (κ2) is 5.35. The predicted octanol–water partition coefficient (Wildman–Crippen LogP) is 2.22. The number of aliphatic hydroxyl groups is 1. The zero-order valence-electron chi connectivity index (χ0n) is 8.44. The monoisotopic (exact) mass is 327 g/mol. The summed E-state index contributed by atoms with van der Waals surface area (Å²) in [5, 5.41) is 8.35. The van der Waals surface area contributed by atoms with Gasteiger partial charge in [0.15, 0.2) is 0 Å². The molecule has 1 unspecified atom stereocenters. The molecule has 0 aliphatic carbocycles. The van der Waals surface area contributed by atoms with Crippen LogP contribution in [0.2, 0.25) is 5.02 Å². The van der Waals surface area contributed by atoms with Crippen molar-refractivity contribution in [2.45, 2.75) is 12.2 Å². The van der Waals surface area contributed by atoms with Crippen LogP contribution in [0.15, 0.2) is 22.7 Å².